The van der Waals surface area contributed by atoms with Gasteiger partial charge in [0.25, 0.3) is 0 Å². The number of likely N-dealkylation sites (tertiary alicyclic amines) is 1. The fraction of sp³-hybridized carbons (Fsp3) is 0.917. The molecule has 2 N–H and O–H groups in total. The number of carbonyl (C=O) groups excluding carboxylic acids is 1. The SMILES string of the molecule is C[C@@H](N)C1CCN(C(=O)OC(C)(C)C)CC1. The molecule has 0 aliphatic carbocycles. The number of hydrogen-bond donors (Lipinski definition) is 1. The molecule has 0 spiro atoms. The summed E-state index contributed by atoms with van der Waals surface area (Å²) in [7, 11) is 0. The fourth-order valence-electron chi connectivity index (χ4n) is 1.93. The minimum Gasteiger partial charge on any atom is -0.444 e. The average Bonchev–Trinajstić information content (AvgIpc) is 2.15. The van der Waals surface area contributed by atoms with Crippen LogP contribution in [0, 0.1) is 5.92 Å². The Balaban J connectivity index is 2.39. The number of hydrogen-bond acceptors (Lipinski definition) is 3. The lowest BCUT2D eigenvalue weighted by atomic mass is 9.91. The van der Waals surface area contributed by atoms with E-state index in [0.717, 1.165) is 25.9 Å². The maximum absolute atomic E-state index is 11.8. The van der Waals surface area contributed by atoms with Crippen LogP contribution in [0.5, 0.6) is 0 Å². The topological polar surface area (TPSA) is 55.6 Å². The highest BCUT2D eigenvalue weighted by molar-refractivity contribution is 5.68. The molecule has 4 nitrogen and oxygen atoms in total. The van der Waals surface area contributed by atoms with E-state index < -0.39 is 5.60 Å². The van der Waals surface area contributed by atoms with E-state index in [1.165, 1.54) is 0 Å². The molecule has 0 bridgehead atoms. The van der Waals surface area contributed by atoms with Gasteiger partial charge in [0.05, 0.1) is 0 Å². The zero-order valence-electron chi connectivity index (χ0n) is 10.8. The molecule has 0 aromatic rings. The van der Waals surface area contributed by atoms with E-state index in [1.807, 2.05) is 27.7 Å². The van der Waals surface area contributed by atoms with Crippen molar-refractivity contribution in [3.63, 3.8) is 0 Å². The van der Waals surface area contributed by atoms with E-state index in [9.17, 15) is 4.79 Å². The van der Waals surface area contributed by atoms with Crippen LogP contribution in [0.4, 0.5) is 4.79 Å². The summed E-state index contributed by atoms with van der Waals surface area (Å²) in [6.07, 6.45) is 1.77. The third kappa shape index (κ3) is 4.00. The maximum Gasteiger partial charge on any atom is 0.410 e. The van der Waals surface area contributed by atoms with Crippen LogP contribution in [-0.2, 0) is 4.74 Å². The second-order valence-corrected chi connectivity index (χ2v) is 5.66. The molecule has 94 valence electrons. The summed E-state index contributed by atoms with van der Waals surface area (Å²) < 4.78 is 5.33. The van der Waals surface area contributed by atoms with E-state index in [1.54, 1.807) is 4.90 Å². The molecule has 4 heteroatoms. The summed E-state index contributed by atoms with van der Waals surface area (Å²) in [5, 5.41) is 0. The van der Waals surface area contributed by atoms with Crippen LogP contribution in [-0.4, -0.2) is 35.7 Å². The van der Waals surface area contributed by atoms with Crippen molar-refractivity contribution in [1.82, 2.24) is 4.90 Å². The first-order chi connectivity index (χ1) is 7.29. The van der Waals surface area contributed by atoms with Crippen LogP contribution in [0.25, 0.3) is 0 Å². The molecule has 0 unspecified atom stereocenters. The molecule has 0 radical (unpaired) electrons. The van der Waals surface area contributed by atoms with E-state index in [0.29, 0.717) is 5.92 Å². The van der Waals surface area contributed by atoms with Crippen molar-refractivity contribution in [3.8, 4) is 0 Å². The number of amides is 1. The molecule has 1 heterocycles. The summed E-state index contributed by atoms with van der Waals surface area (Å²) in [6.45, 7) is 9.23. The summed E-state index contributed by atoms with van der Waals surface area (Å²) in [6, 6.07) is 0.223. The molecule has 1 saturated heterocycles. The van der Waals surface area contributed by atoms with Crippen molar-refractivity contribution in [2.45, 2.75) is 52.2 Å². The number of piperidine rings is 1. The highest BCUT2D eigenvalue weighted by Gasteiger charge is 2.27. The molecule has 1 amide bonds. The Labute approximate surface area is 98.1 Å². The smallest absolute Gasteiger partial charge is 0.410 e. The third-order valence-electron chi connectivity index (χ3n) is 2.93. The van der Waals surface area contributed by atoms with Gasteiger partial charge in [0.2, 0.25) is 0 Å². The number of rotatable bonds is 1. The monoisotopic (exact) mass is 228 g/mol. The summed E-state index contributed by atoms with van der Waals surface area (Å²) >= 11 is 0. The third-order valence-corrected chi connectivity index (χ3v) is 2.93. The standard InChI is InChI=1S/C12H24N2O2/c1-9(13)10-5-7-14(8-6-10)11(15)16-12(2,3)4/h9-10H,5-8,13H2,1-4H3/t9-/m1/s1. The molecular formula is C12H24N2O2. The molecule has 1 fully saturated rings. The van der Waals surface area contributed by atoms with Gasteiger partial charge < -0.3 is 15.4 Å². The molecule has 0 aromatic heterocycles. The first-order valence-electron chi connectivity index (χ1n) is 6.03. The molecule has 0 saturated carbocycles. The van der Waals surface area contributed by atoms with Crippen molar-refractivity contribution in [2.24, 2.45) is 11.7 Å². The first kappa shape index (κ1) is 13.3. The van der Waals surface area contributed by atoms with E-state index >= 15 is 0 Å². The largest absolute Gasteiger partial charge is 0.444 e. The average molecular weight is 228 g/mol. The van der Waals surface area contributed by atoms with Gasteiger partial charge in [-0.3, -0.25) is 0 Å². The van der Waals surface area contributed by atoms with E-state index in [-0.39, 0.29) is 12.1 Å². The maximum atomic E-state index is 11.8. The highest BCUT2D eigenvalue weighted by Crippen LogP contribution is 2.21. The van der Waals surface area contributed by atoms with Crippen LogP contribution < -0.4 is 5.73 Å². The molecule has 16 heavy (non-hydrogen) atoms. The zero-order chi connectivity index (χ0) is 12.3. The predicted molar refractivity (Wildman–Crippen MR) is 64.2 cm³/mol. The van der Waals surface area contributed by atoms with Gasteiger partial charge in [-0.2, -0.15) is 0 Å². The van der Waals surface area contributed by atoms with Crippen LogP contribution in [0.2, 0.25) is 0 Å². The number of carbonyl (C=O) groups is 1. The van der Waals surface area contributed by atoms with Crippen molar-refractivity contribution in [1.29, 1.82) is 0 Å². The normalized spacial score (nSPS) is 20.7. The van der Waals surface area contributed by atoms with Crippen molar-refractivity contribution >= 4 is 6.09 Å². The van der Waals surface area contributed by atoms with Gasteiger partial charge in [0.15, 0.2) is 0 Å². The van der Waals surface area contributed by atoms with Crippen LogP contribution in [0.3, 0.4) is 0 Å². The lowest BCUT2D eigenvalue weighted by Gasteiger charge is -2.34. The lowest BCUT2D eigenvalue weighted by molar-refractivity contribution is 0.0176. The molecular weight excluding hydrogens is 204 g/mol. The van der Waals surface area contributed by atoms with Gasteiger partial charge in [-0.05, 0) is 46.5 Å². The molecule has 1 atom stereocenters. The molecule has 1 aliphatic heterocycles. The van der Waals surface area contributed by atoms with Gasteiger partial charge in [-0.25, -0.2) is 4.79 Å². The number of nitrogens with zero attached hydrogens (tertiary/aromatic N) is 1. The summed E-state index contributed by atoms with van der Waals surface area (Å²) in [5.41, 5.74) is 5.45. The highest BCUT2D eigenvalue weighted by atomic mass is 16.6. The second kappa shape index (κ2) is 5.04. The molecule has 1 rings (SSSR count). The first-order valence-corrected chi connectivity index (χ1v) is 6.03. The Hall–Kier alpha value is -0.770. The second-order valence-electron chi connectivity index (χ2n) is 5.66. The van der Waals surface area contributed by atoms with Gasteiger partial charge in [-0.1, -0.05) is 0 Å². The van der Waals surface area contributed by atoms with Crippen molar-refractivity contribution in [2.75, 3.05) is 13.1 Å². The van der Waals surface area contributed by atoms with Crippen molar-refractivity contribution in [3.05, 3.63) is 0 Å². The zero-order valence-corrected chi connectivity index (χ0v) is 10.8. The Kier molecular flexibility index (Phi) is 4.19. The Morgan fingerprint density at radius 3 is 2.25 bits per heavy atom. The van der Waals surface area contributed by atoms with Gasteiger partial charge >= 0.3 is 6.09 Å². The Bertz CT molecular complexity index is 238. The van der Waals surface area contributed by atoms with E-state index in [2.05, 4.69) is 0 Å². The van der Waals surface area contributed by atoms with Gasteiger partial charge in [-0.15, -0.1) is 0 Å². The molecule has 0 aromatic carbocycles. The quantitative estimate of drug-likeness (QED) is 0.746. The van der Waals surface area contributed by atoms with Crippen LogP contribution in [0.15, 0.2) is 0 Å². The minimum absolute atomic E-state index is 0.198. The number of nitrogens with two attached hydrogens (primary N) is 1. The van der Waals surface area contributed by atoms with Gasteiger partial charge in [0.1, 0.15) is 5.60 Å². The lowest BCUT2D eigenvalue weighted by Crippen LogP contribution is -2.44. The van der Waals surface area contributed by atoms with Gasteiger partial charge in [0, 0.05) is 19.1 Å². The Morgan fingerprint density at radius 1 is 1.38 bits per heavy atom. The van der Waals surface area contributed by atoms with E-state index in [4.69, 9.17) is 10.5 Å². The Morgan fingerprint density at radius 2 is 1.88 bits per heavy atom. The van der Waals surface area contributed by atoms with Crippen LogP contribution >= 0.6 is 0 Å². The number of ether oxygens (including phenoxy) is 1. The summed E-state index contributed by atoms with van der Waals surface area (Å²) in [4.78, 5) is 13.5. The molecule has 1 aliphatic rings. The predicted octanol–water partition coefficient (Wildman–Crippen LogP) is 1.98. The van der Waals surface area contributed by atoms with Crippen molar-refractivity contribution < 1.29 is 9.53 Å². The fourth-order valence-corrected chi connectivity index (χ4v) is 1.93. The summed E-state index contributed by atoms with van der Waals surface area (Å²) in [5.74, 6) is 0.540. The minimum atomic E-state index is -0.408. The van der Waals surface area contributed by atoms with Crippen LogP contribution in [0.1, 0.15) is 40.5 Å².